The second-order valence-electron chi connectivity index (χ2n) is 6.13. The predicted octanol–water partition coefficient (Wildman–Crippen LogP) is 0.681. The van der Waals surface area contributed by atoms with Gasteiger partial charge in [0.15, 0.2) is 6.10 Å². The van der Waals surface area contributed by atoms with Gasteiger partial charge in [0.25, 0.3) is 11.8 Å². The lowest BCUT2D eigenvalue weighted by Crippen LogP contribution is -2.42. The van der Waals surface area contributed by atoms with Crippen LogP contribution in [0.2, 0.25) is 0 Å². The van der Waals surface area contributed by atoms with E-state index in [0.29, 0.717) is 11.6 Å². The van der Waals surface area contributed by atoms with Gasteiger partial charge in [0.05, 0.1) is 11.3 Å². The van der Waals surface area contributed by atoms with Crippen LogP contribution in [0.4, 0.5) is 4.79 Å². The van der Waals surface area contributed by atoms with Gasteiger partial charge in [-0.25, -0.2) is 9.78 Å². The fourth-order valence-corrected chi connectivity index (χ4v) is 3.54. The van der Waals surface area contributed by atoms with Crippen LogP contribution in [0.5, 0.6) is 0 Å². The molecule has 3 N–H and O–H groups in total. The zero-order valence-corrected chi connectivity index (χ0v) is 16.4. The number of esters is 1. The number of nitrogens with two attached hydrogens (primary N) is 1. The van der Waals surface area contributed by atoms with Crippen molar-refractivity contribution in [3.05, 3.63) is 22.4 Å². The monoisotopic (exact) mass is 394 g/mol. The molecule has 1 aliphatic rings. The van der Waals surface area contributed by atoms with E-state index >= 15 is 0 Å². The van der Waals surface area contributed by atoms with E-state index in [1.54, 1.807) is 13.8 Å². The van der Waals surface area contributed by atoms with Gasteiger partial charge in [0, 0.05) is 18.8 Å². The van der Waals surface area contributed by atoms with E-state index in [1.807, 2.05) is 6.92 Å². The number of primary amides is 1. The molecule has 1 aliphatic heterocycles. The maximum absolute atomic E-state index is 12.1. The Morgan fingerprint density at radius 1 is 1.30 bits per heavy atom. The number of nitrogens with one attached hydrogen (secondary N) is 1. The van der Waals surface area contributed by atoms with Gasteiger partial charge >= 0.3 is 12.0 Å². The third-order valence-corrected chi connectivity index (χ3v) is 5.26. The van der Waals surface area contributed by atoms with E-state index in [2.05, 4.69) is 10.3 Å². The minimum Gasteiger partial charge on any atom is -0.452 e. The molecule has 0 bridgehead atoms. The molecule has 9 nitrogen and oxygen atoms in total. The Labute approximate surface area is 161 Å². The molecule has 4 amide bonds. The number of aromatic nitrogens is 1. The number of carbonyl (C=O) groups is 4. The number of rotatable bonds is 6. The van der Waals surface area contributed by atoms with Gasteiger partial charge in [-0.3, -0.25) is 19.3 Å². The molecule has 0 radical (unpaired) electrons. The van der Waals surface area contributed by atoms with Crippen LogP contribution in [-0.4, -0.2) is 58.6 Å². The SMILES string of the molecule is Cc1nc(SCC(=O)O[C@H](C)C(=O)N2CCNC2=O)c(C(N)=O)c(C)c1C. The lowest BCUT2D eigenvalue weighted by Gasteiger charge is -2.18. The van der Waals surface area contributed by atoms with Crippen LogP contribution < -0.4 is 11.1 Å². The highest BCUT2D eigenvalue weighted by molar-refractivity contribution is 8.00. The summed E-state index contributed by atoms with van der Waals surface area (Å²) in [7, 11) is 0. The average Bonchev–Trinajstić information content (AvgIpc) is 3.02. The van der Waals surface area contributed by atoms with Crippen LogP contribution >= 0.6 is 11.8 Å². The number of amides is 4. The first kappa shape index (κ1) is 20.7. The Kier molecular flexibility index (Phi) is 6.42. The molecule has 1 aromatic heterocycles. The van der Waals surface area contributed by atoms with Crippen molar-refractivity contribution in [2.45, 2.75) is 38.8 Å². The van der Waals surface area contributed by atoms with Gasteiger partial charge in [0.2, 0.25) is 0 Å². The molecule has 0 aromatic carbocycles. The summed E-state index contributed by atoms with van der Waals surface area (Å²) in [6.07, 6.45) is -1.09. The third-order valence-electron chi connectivity index (χ3n) is 4.32. The van der Waals surface area contributed by atoms with Crippen LogP contribution in [-0.2, 0) is 14.3 Å². The van der Waals surface area contributed by atoms with Gasteiger partial charge in [-0.05, 0) is 38.8 Å². The molecule has 1 saturated heterocycles. The number of hydrogen-bond acceptors (Lipinski definition) is 7. The number of hydrogen-bond donors (Lipinski definition) is 2. The molecule has 1 atom stereocenters. The molecule has 1 fully saturated rings. The van der Waals surface area contributed by atoms with Crippen molar-refractivity contribution in [2.24, 2.45) is 5.73 Å². The first-order valence-corrected chi connectivity index (χ1v) is 9.31. The van der Waals surface area contributed by atoms with E-state index in [9.17, 15) is 19.2 Å². The van der Waals surface area contributed by atoms with Crippen molar-refractivity contribution in [1.82, 2.24) is 15.2 Å². The predicted molar refractivity (Wildman–Crippen MR) is 98.4 cm³/mol. The van der Waals surface area contributed by atoms with Crippen LogP contribution in [0.15, 0.2) is 5.03 Å². The van der Waals surface area contributed by atoms with Gasteiger partial charge in [0.1, 0.15) is 5.03 Å². The molecule has 0 spiro atoms. The minimum absolute atomic E-state index is 0.154. The lowest BCUT2D eigenvalue weighted by molar-refractivity contribution is -0.155. The summed E-state index contributed by atoms with van der Waals surface area (Å²) >= 11 is 1.02. The Bertz CT molecular complexity index is 811. The summed E-state index contributed by atoms with van der Waals surface area (Å²) in [5.41, 5.74) is 8.03. The summed E-state index contributed by atoms with van der Waals surface area (Å²) in [5.74, 6) is -2.02. The van der Waals surface area contributed by atoms with Crippen LogP contribution in [0.1, 0.15) is 34.1 Å². The molecule has 146 valence electrons. The van der Waals surface area contributed by atoms with Crippen molar-refractivity contribution in [3.63, 3.8) is 0 Å². The number of aryl methyl sites for hydroxylation is 1. The fourth-order valence-electron chi connectivity index (χ4n) is 2.62. The molecule has 1 aromatic rings. The van der Waals surface area contributed by atoms with Gasteiger partial charge in [-0.15, -0.1) is 0 Å². The maximum atomic E-state index is 12.1. The van der Waals surface area contributed by atoms with E-state index in [-0.39, 0.29) is 17.9 Å². The number of thioether (sulfide) groups is 1. The van der Waals surface area contributed by atoms with E-state index in [4.69, 9.17) is 10.5 Å². The zero-order valence-electron chi connectivity index (χ0n) is 15.6. The smallest absolute Gasteiger partial charge is 0.324 e. The number of ether oxygens (including phenoxy) is 1. The second kappa shape index (κ2) is 8.38. The quantitative estimate of drug-likeness (QED) is 0.536. The first-order chi connectivity index (χ1) is 12.6. The summed E-state index contributed by atoms with van der Waals surface area (Å²) in [6, 6.07) is -0.502. The first-order valence-electron chi connectivity index (χ1n) is 8.32. The third kappa shape index (κ3) is 4.57. The Morgan fingerprint density at radius 2 is 1.96 bits per heavy atom. The van der Waals surface area contributed by atoms with Crippen molar-refractivity contribution in [3.8, 4) is 0 Å². The van der Waals surface area contributed by atoms with E-state index in [1.165, 1.54) is 6.92 Å². The van der Waals surface area contributed by atoms with Gasteiger partial charge < -0.3 is 15.8 Å². The number of imide groups is 1. The molecular weight excluding hydrogens is 372 g/mol. The normalized spacial score (nSPS) is 14.7. The maximum Gasteiger partial charge on any atom is 0.324 e. The Balaban J connectivity index is 2.02. The molecule has 27 heavy (non-hydrogen) atoms. The van der Waals surface area contributed by atoms with Gasteiger partial charge in [-0.2, -0.15) is 0 Å². The molecular formula is C17H22N4O5S. The molecule has 0 saturated carbocycles. The standard InChI is InChI=1S/C17H22N4O5S/c1-8-9(2)13(14(18)23)15(20-10(8)3)27-7-12(22)26-11(4)16(24)21-6-5-19-17(21)25/h11H,5-7H2,1-4H3,(H2,18,23)(H,19,25)/t11-/m1/s1. The molecule has 0 unspecified atom stereocenters. The molecule has 0 aliphatic carbocycles. The topological polar surface area (TPSA) is 132 Å². The summed E-state index contributed by atoms with van der Waals surface area (Å²) in [5, 5.41) is 2.85. The molecule has 10 heteroatoms. The number of urea groups is 1. The number of nitrogens with zero attached hydrogens (tertiary/aromatic N) is 2. The fraction of sp³-hybridized carbons (Fsp3) is 0.471. The lowest BCUT2D eigenvalue weighted by atomic mass is 10.0. The zero-order chi connectivity index (χ0) is 20.3. The highest BCUT2D eigenvalue weighted by Gasteiger charge is 2.31. The molecule has 2 rings (SSSR count). The average molecular weight is 394 g/mol. The number of carbonyl (C=O) groups excluding carboxylic acids is 4. The van der Waals surface area contributed by atoms with Gasteiger partial charge in [-0.1, -0.05) is 11.8 Å². The highest BCUT2D eigenvalue weighted by Crippen LogP contribution is 2.27. The van der Waals surface area contributed by atoms with Crippen molar-refractivity contribution < 1.29 is 23.9 Å². The Morgan fingerprint density at radius 3 is 2.52 bits per heavy atom. The van der Waals surface area contributed by atoms with Crippen LogP contribution in [0.3, 0.4) is 0 Å². The number of pyridine rings is 1. The van der Waals surface area contributed by atoms with Crippen LogP contribution in [0.25, 0.3) is 0 Å². The molecule has 2 heterocycles. The highest BCUT2D eigenvalue weighted by atomic mass is 32.2. The van der Waals surface area contributed by atoms with Crippen molar-refractivity contribution in [1.29, 1.82) is 0 Å². The summed E-state index contributed by atoms with van der Waals surface area (Å²) in [4.78, 5) is 52.8. The second-order valence-corrected chi connectivity index (χ2v) is 7.10. The van der Waals surface area contributed by atoms with E-state index < -0.39 is 29.9 Å². The summed E-state index contributed by atoms with van der Waals surface area (Å²) < 4.78 is 5.10. The van der Waals surface area contributed by atoms with Crippen molar-refractivity contribution in [2.75, 3.05) is 18.8 Å². The minimum atomic E-state index is -1.09. The van der Waals surface area contributed by atoms with E-state index in [0.717, 1.165) is 33.5 Å². The summed E-state index contributed by atoms with van der Waals surface area (Å²) in [6.45, 7) is 7.43. The largest absolute Gasteiger partial charge is 0.452 e. The van der Waals surface area contributed by atoms with Crippen molar-refractivity contribution >= 4 is 35.6 Å². The van der Waals surface area contributed by atoms with Crippen LogP contribution in [0, 0.1) is 20.8 Å². The Hall–Kier alpha value is -2.62.